The van der Waals surface area contributed by atoms with Crippen LogP contribution in [0.15, 0.2) is 79.0 Å². The molecule has 1 unspecified atom stereocenters. The van der Waals surface area contributed by atoms with Gasteiger partial charge in [-0.3, -0.25) is 0 Å². The lowest BCUT2D eigenvalue weighted by Gasteiger charge is -2.16. The second-order valence-corrected chi connectivity index (χ2v) is 7.57. The summed E-state index contributed by atoms with van der Waals surface area (Å²) < 4.78 is 1.74. The third-order valence-electron chi connectivity index (χ3n) is 4.88. The third-order valence-corrected chi connectivity index (χ3v) is 5.77. The van der Waals surface area contributed by atoms with Gasteiger partial charge in [0, 0.05) is 17.0 Å². The summed E-state index contributed by atoms with van der Waals surface area (Å²) in [7, 11) is 0. The zero-order chi connectivity index (χ0) is 19.6. The molecule has 0 aliphatic heterocycles. The lowest BCUT2D eigenvalue weighted by Crippen LogP contribution is -2.08. The SMILES string of the molecule is CC(Nc1ncnc2scc(-c3ccccc3)c12)c1ccc(-n2cncn2)cc1. The average Bonchev–Trinajstić information content (AvgIpc) is 3.45. The fraction of sp³-hybridized carbons (Fsp3) is 0.0909. The van der Waals surface area contributed by atoms with E-state index in [9.17, 15) is 0 Å². The number of fused-ring (bicyclic) bond motifs is 1. The van der Waals surface area contributed by atoms with Gasteiger partial charge in [0.1, 0.15) is 29.6 Å². The Hall–Kier alpha value is -3.58. The van der Waals surface area contributed by atoms with Crippen LogP contribution in [0.1, 0.15) is 18.5 Å². The number of hydrogen-bond donors (Lipinski definition) is 1. The molecule has 0 amide bonds. The molecule has 7 heteroatoms. The van der Waals surface area contributed by atoms with E-state index in [1.165, 1.54) is 11.9 Å². The van der Waals surface area contributed by atoms with Crippen molar-refractivity contribution in [1.82, 2.24) is 24.7 Å². The molecular weight excluding hydrogens is 380 g/mol. The molecule has 2 aromatic carbocycles. The van der Waals surface area contributed by atoms with Crippen LogP contribution in [0.2, 0.25) is 0 Å². The highest BCUT2D eigenvalue weighted by molar-refractivity contribution is 7.17. The molecule has 0 bridgehead atoms. The maximum Gasteiger partial charge on any atom is 0.139 e. The molecule has 1 atom stereocenters. The molecule has 0 spiro atoms. The van der Waals surface area contributed by atoms with Crippen LogP contribution < -0.4 is 5.32 Å². The standard InChI is InChI=1S/C22H18N6S/c1-15(16-7-9-18(10-8-16)28-14-23-12-26-28)27-21-20-19(17-5-3-2-4-6-17)11-29-22(20)25-13-24-21/h2-15H,1H3,(H,24,25,27). The van der Waals surface area contributed by atoms with Gasteiger partial charge in [-0.2, -0.15) is 5.10 Å². The highest BCUT2D eigenvalue weighted by Gasteiger charge is 2.15. The maximum atomic E-state index is 4.55. The Morgan fingerprint density at radius 2 is 1.79 bits per heavy atom. The molecule has 0 fully saturated rings. The summed E-state index contributed by atoms with van der Waals surface area (Å²) in [4.78, 5) is 14.0. The highest BCUT2D eigenvalue weighted by Crippen LogP contribution is 2.37. The Balaban J connectivity index is 1.46. The second kappa shape index (κ2) is 7.44. The Bertz CT molecular complexity index is 1230. The van der Waals surface area contributed by atoms with Crippen LogP contribution in [0, 0.1) is 0 Å². The van der Waals surface area contributed by atoms with Gasteiger partial charge in [-0.15, -0.1) is 11.3 Å². The minimum absolute atomic E-state index is 0.0846. The van der Waals surface area contributed by atoms with Gasteiger partial charge in [0.05, 0.1) is 11.1 Å². The average molecular weight is 398 g/mol. The van der Waals surface area contributed by atoms with Crippen LogP contribution in [0.4, 0.5) is 5.82 Å². The molecule has 0 saturated heterocycles. The van der Waals surface area contributed by atoms with Crippen LogP contribution in [-0.2, 0) is 0 Å². The lowest BCUT2D eigenvalue weighted by atomic mass is 10.1. The van der Waals surface area contributed by atoms with E-state index in [0.29, 0.717) is 0 Å². The molecule has 0 saturated carbocycles. The summed E-state index contributed by atoms with van der Waals surface area (Å²) in [5, 5.41) is 11.0. The third kappa shape index (κ3) is 3.36. The minimum atomic E-state index is 0.0846. The van der Waals surface area contributed by atoms with Crippen LogP contribution in [0.5, 0.6) is 0 Å². The van der Waals surface area contributed by atoms with Crippen LogP contribution in [0.25, 0.3) is 27.0 Å². The minimum Gasteiger partial charge on any atom is -0.363 e. The van der Waals surface area contributed by atoms with Gasteiger partial charge in [0.15, 0.2) is 0 Å². The molecule has 1 N–H and O–H groups in total. The Morgan fingerprint density at radius 1 is 0.966 bits per heavy atom. The van der Waals surface area contributed by atoms with E-state index >= 15 is 0 Å². The first kappa shape index (κ1) is 17.5. The number of nitrogens with one attached hydrogen (secondary N) is 1. The van der Waals surface area contributed by atoms with E-state index in [4.69, 9.17) is 0 Å². The van der Waals surface area contributed by atoms with Gasteiger partial charge in [-0.05, 0) is 30.2 Å². The summed E-state index contributed by atoms with van der Waals surface area (Å²) >= 11 is 1.64. The first-order chi connectivity index (χ1) is 14.3. The first-order valence-corrected chi connectivity index (χ1v) is 10.2. The molecular formula is C22H18N6S. The van der Waals surface area contributed by atoms with Crippen molar-refractivity contribution in [3.05, 3.63) is 84.5 Å². The molecule has 5 aromatic rings. The summed E-state index contributed by atoms with van der Waals surface area (Å²) in [6, 6.07) is 18.7. The van der Waals surface area contributed by atoms with E-state index in [0.717, 1.165) is 32.8 Å². The van der Waals surface area contributed by atoms with Crippen LogP contribution in [-0.4, -0.2) is 24.7 Å². The molecule has 142 valence electrons. The largest absolute Gasteiger partial charge is 0.363 e. The predicted octanol–water partition coefficient (Wildman–Crippen LogP) is 5.11. The van der Waals surface area contributed by atoms with E-state index in [1.54, 1.807) is 28.7 Å². The fourth-order valence-corrected chi connectivity index (χ4v) is 4.28. The predicted molar refractivity (Wildman–Crippen MR) is 116 cm³/mol. The Kier molecular flexibility index (Phi) is 4.50. The van der Waals surface area contributed by atoms with Crippen molar-refractivity contribution in [1.29, 1.82) is 0 Å². The molecule has 6 nitrogen and oxygen atoms in total. The van der Waals surface area contributed by atoms with Crippen molar-refractivity contribution in [3.63, 3.8) is 0 Å². The number of hydrogen-bond acceptors (Lipinski definition) is 6. The van der Waals surface area contributed by atoms with Crippen molar-refractivity contribution >= 4 is 27.4 Å². The van der Waals surface area contributed by atoms with E-state index in [1.807, 2.05) is 18.2 Å². The smallest absolute Gasteiger partial charge is 0.139 e. The molecule has 5 rings (SSSR count). The van der Waals surface area contributed by atoms with Gasteiger partial charge in [-0.1, -0.05) is 42.5 Å². The zero-order valence-electron chi connectivity index (χ0n) is 15.7. The number of thiophene rings is 1. The molecule has 0 radical (unpaired) electrons. The van der Waals surface area contributed by atoms with Crippen molar-refractivity contribution in [3.8, 4) is 16.8 Å². The zero-order valence-corrected chi connectivity index (χ0v) is 16.5. The van der Waals surface area contributed by atoms with Gasteiger partial charge in [0.2, 0.25) is 0 Å². The Labute approximate surface area is 171 Å². The normalized spacial score (nSPS) is 12.2. The molecule has 3 heterocycles. The summed E-state index contributed by atoms with van der Waals surface area (Å²) in [6.07, 6.45) is 4.84. The maximum absolute atomic E-state index is 4.55. The monoisotopic (exact) mass is 398 g/mol. The summed E-state index contributed by atoms with van der Waals surface area (Å²) in [5.41, 5.74) is 4.47. The summed E-state index contributed by atoms with van der Waals surface area (Å²) in [6.45, 7) is 2.13. The molecule has 29 heavy (non-hydrogen) atoms. The van der Waals surface area contributed by atoms with Crippen molar-refractivity contribution in [2.24, 2.45) is 0 Å². The van der Waals surface area contributed by atoms with Crippen LogP contribution in [0.3, 0.4) is 0 Å². The lowest BCUT2D eigenvalue weighted by molar-refractivity contribution is 0.859. The summed E-state index contributed by atoms with van der Waals surface area (Å²) in [5.74, 6) is 0.850. The highest BCUT2D eigenvalue weighted by atomic mass is 32.1. The second-order valence-electron chi connectivity index (χ2n) is 6.72. The number of nitrogens with zero attached hydrogens (tertiary/aromatic N) is 5. The first-order valence-electron chi connectivity index (χ1n) is 9.29. The fourth-order valence-electron chi connectivity index (χ4n) is 3.36. The van der Waals surface area contributed by atoms with Crippen molar-refractivity contribution in [2.45, 2.75) is 13.0 Å². The number of rotatable bonds is 5. The number of aromatic nitrogens is 5. The number of anilines is 1. The number of benzene rings is 2. The van der Waals surface area contributed by atoms with Gasteiger partial charge >= 0.3 is 0 Å². The topological polar surface area (TPSA) is 68.5 Å². The van der Waals surface area contributed by atoms with Gasteiger partial charge in [0.25, 0.3) is 0 Å². The van der Waals surface area contributed by atoms with Gasteiger partial charge in [-0.25, -0.2) is 19.6 Å². The quantitative estimate of drug-likeness (QED) is 0.445. The molecule has 0 aliphatic rings. The van der Waals surface area contributed by atoms with E-state index in [-0.39, 0.29) is 6.04 Å². The van der Waals surface area contributed by atoms with Crippen molar-refractivity contribution < 1.29 is 0 Å². The van der Waals surface area contributed by atoms with Crippen LogP contribution >= 0.6 is 11.3 Å². The van der Waals surface area contributed by atoms with E-state index < -0.39 is 0 Å². The van der Waals surface area contributed by atoms with Gasteiger partial charge < -0.3 is 5.32 Å². The Morgan fingerprint density at radius 3 is 2.55 bits per heavy atom. The molecule has 0 aliphatic carbocycles. The van der Waals surface area contributed by atoms with Crippen molar-refractivity contribution in [2.75, 3.05) is 5.32 Å². The molecule has 3 aromatic heterocycles. The van der Waals surface area contributed by atoms with E-state index in [2.05, 4.69) is 74.1 Å².